The summed E-state index contributed by atoms with van der Waals surface area (Å²) in [7, 11) is 2.93. The molecule has 2 N–H and O–H groups in total. The number of para-hydroxylation sites is 1. The van der Waals surface area contributed by atoms with Crippen molar-refractivity contribution in [2.75, 3.05) is 27.4 Å². The van der Waals surface area contributed by atoms with Crippen molar-refractivity contribution in [2.24, 2.45) is 0 Å². The van der Waals surface area contributed by atoms with Crippen LogP contribution in [0.4, 0.5) is 0 Å². The van der Waals surface area contributed by atoms with Crippen LogP contribution in [-0.4, -0.2) is 44.4 Å². The van der Waals surface area contributed by atoms with Gasteiger partial charge >= 0.3 is 5.97 Å². The van der Waals surface area contributed by atoms with E-state index >= 15 is 0 Å². The van der Waals surface area contributed by atoms with E-state index in [0.717, 1.165) is 0 Å². The second-order valence-electron chi connectivity index (χ2n) is 3.45. The highest BCUT2D eigenvalue weighted by Gasteiger charge is 2.13. The zero-order valence-corrected chi connectivity index (χ0v) is 10.6. The van der Waals surface area contributed by atoms with Crippen molar-refractivity contribution in [3.05, 3.63) is 18.2 Å². The lowest BCUT2D eigenvalue weighted by molar-refractivity contribution is -0.138. The lowest BCUT2D eigenvalue weighted by atomic mass is 10.3. The summed E-state index contributed by atoms with van der Waals surface area (Å²) >= 11 is 0. The number of aliphatic carboxylic acids is 1. The molecule has 0 radical (unpaired) electrons. The first-order valence-electron chi connectivity index (χ1n) is 5.40. The van der Waals surface area contributed by atoms with Crippen LogP contribution in [0.2, 0.25) is 0 Å². The molecule has 7 nitrogen and oxygen atoms in total. The number of amides is 1. The Hall–Kier alpha value is -2.44. The van der Waals surface area contributed by atoms with Gasteiger partial charge in [-0.25, -0.2) is 0 Å². The molecule has 0 saturated heterocycles. The maximum absolute atomic E-state index is 11.3. The van der Waals surface area contributed by atoms with E-state index in [1.54, 1.807) is 18.2 Å². The fourth-order valence-electron chi connectivity index (χ4n) is 1.32. The third-order valence-corrected chi connectivity index (χ3v) is 2.17. The Labute approximate surface area is 110 Å². The first kappa shape index (κ1) is 14.6. The summed E-state index contributed by atoms with van der Waals surface area (Å²) in [5.41, 5.74) is 0. The minimum Gasteiger partial charge on any atom is -0.493 e. The van der Waals surface area contributed by atoms with Crippen LogP contribution in [0.15, 0.2) is 18.2 Å². The summed E-state index contributed by atoms with van der Waals surface area (Å²) in [6.07, 6.45) is 0. The SMILES string of the molecule is COc1cccc(OC)c1OCC(=O)NCC(=O)O. The van der Waals surface area contributed by atoms with E-state index in [4.69, 9.17) is 19.3 Å². The summed E-state index contributed by atoms with van der Waals surface area (Å²) in [6.45, 7) is -0.782. The third kappa shape index (κ3) is 4.38. The number of ether oxygens (including phenoxy) is 3. The fraction of sp³-hybridized carbons (Fsp3) is 0.333. The Balaban J connectivity index is 2.66. The van der Waals surface area contributed by atoms with Gasteiger partial charge in [-0.1, -0.05) is 6.07 Å². The standard InChI is InChI=1S/C12H15NO6/c1-17-8-4-3-5-9(18-2)12(8)19-7-10(14)13-6-11(15)16/h3-5H,6-7H2,1-2H3,(H,13,14)(H,15,16). The number of carboxylic acid groups (broad SMARTS) is 1. The average molecular weight is 269 g/mol. The van der Waals surface area contributed by atoms with Crippen LogP contribution in [0.25, 0.3) is 0 Å². The van der Waals surface area contributed by atoms with Crippen molar-refractivity contribution >= 4 is 11.9 Å². The largest absolute Gasteiger partial charge is 0.493 e. The molecule has 7 heteroatoms. The number of carbonyl (C=O) groups is 2. The maximum Gasteiger partial charge on any atom is 0.322 e. The van der Waals surface area contributed by atoms with Crippen molar-refractivity contribution in [3.8, 4) is 17.2 Å². The minimum atomic E-state index is -1.12. The van der Waals surface area contributed by atoms with Gasteiger partial charge in [-0.2, -0.15) is 0 Å². The first-order valence-corrected chi connectivity index (χ1v) is 5.40. The van der Waals surface area contributed by atoms with Crippen LogP contribution in [0, 0.1) is 0 Å². The Morgan fingerprint density at radius 1 is 1.21 bits per heavy atom. The highest BCUT2D eigenvalue weighted by molar-refractivity contribution is 5.82. The Bertz CT molecular complexity index is 437. The van der Waals surface area contributed by atoms with Crippen molar-refractivity contribution in [1.82, 2.24) is 5.32 Å². The predicted octanol–water partition coefficient (Wildman–Crippen LogP) is 0.283. The van der Waals surface area contributed by atoms with Crippen LogP contribution in [0.3, 0.4) is 0 Å². The topological polar surface area (TPSA) is 94.1 Å². The molecule has 0 heterocycles. The number of benzene rings is 1. The van der Waals surface area contributed by atoms with Crippen LogP contribution >= 0.6 is 0 Å². The van der Waals surface area contributed by atoms with Gasteiger partial charge in [0.15, 0.2) is 18.1 Å². The summed E-state index contributed by atoms with van der Waals surface area (Å²) in [6, 6.07) is 5.04. The quantitative estimate of drug-likeness (QED) is 0.738. The Kier molecular flexibility index (Phi) is 5.46. The van der Waals surface area contributed by atoms with Crippen LogP contribution < -0.4 is 19.5 Å². The molecule has 0 unspecified atom stereocenters. The number of carboxylic acids is 1. The molecule has 1 aromatic rings. The van der Waals surface area contributed by atoms with Gasteiger partial charge in [0.2, 0.25) is 5.75 Å². The molecule has 0 aromatic heterocycles. The molecule has 0 spiro atoms. The van der Waals surface area contributed by atoms with Crippen molar-refractivity contribution in [1.29, 1.82) is 0 Å². The molecule has 104 valence electrons. The van der Waals surface area contributed by atoms with Gasteiger partial charge in [0, 0.05) is 0 Å². The van der Waals surface area contributed by atoms with E-state index in [9.17, 15) is 9.59 Å². The minimum absolute atomic E-state index is 0.290. The molecule has 0 aliphatic carbocycles. The van der Waals surface area contributed by atoms with E-state index in [2.05, 4.69) is 5.32 Å². The van der Waals surface area contributed by atoms with E-state index in [0.29, 0.717) is 11.5 Å². The zero-order valence-electron chi connectivity index (χ0n) is 10.6. The number of methoxy groups -OCH3 is 2. The highest BCUT2D eigenvalue weighted by Crippen LogP contribution is 2.36. The molecule has 1 rings (SSSR count). The van der Waals surface area contributed by atoms with E-state index in [1.165, 1.54) is 14.2 Å². The zero-order chi connectivity index (χ0) is 14.3. The first-order chi connectivity index (χ1) is 9.08. The van der Waals surface area contributed by atoms with Gasteiger partial charge in [0.25, 0.3) is 5.91 Å². The van der Waals surface area contributed by atoms with E-state index in [-0.39, 0.29) is 12.4 Å². The van der Waals surface area contributed by atoms with Gasteiger partial charge in [-0.05, 0) is 12.1 Å². The van der Waals surface area contributed by atoms with Crippen LogP contribution in [0.5, 0.6) is 17.2 Å². The van der Waals surface area contributed by atoms with Crippen molar-refractivity contribution in [2.45, 2.75) is 0 Å². The Morgan fingerprint density at radius 2 is 1.79 bits per heavy atom. The van der Waals surface area contributed by atoms with Gasteiger partial charge in [0.1, 0.15) is 6.54 Å². The molecule has 0 bridgehead atoms. The molecule has 1 aromatic carbocycles. The summed E-state index contributed by atoms with van der Waals surface area (Å²) in [5, 5.41) is 10.6. The second-order valence-corrected chi connectivity index (χ2v) is 3.45. The monoisotopic (exact) mass is 269 g/mol. The summed E-state index contributed by atoms with van der Waals surface area (Å²) in [5.74, 6) is -0.535. The third-order valence-electron chi connectivity index (χ3n) is 2.17. The number of carbonyl (C=O) groups excluding carboxylic acids is 1. The normalized spacial score (nSPS) is 9.58. The van der Waals surface area contributed by atoms with E-state index < -0.39 is 18.4 Å². The molecule has 0 atom stereocenters. The van der Waals surface area contributed by atoms with Gasteiger partial charge < -0.3 is 24.6 Å². The van der Waals surface area contributed by atoms with Gasteiger partial charge in [-0.3, -0.25) is 9.59 Å². The van der Waals surface area contributed by atoms with Gasteiger partial charge in [0.05, 0.1) is 14.2 Å². The molecule has 0 aliphatic heterocycles. The van der Waals surface area contributed by atoms with Crippen LogP contribution in [0.1, 0.15) is 0 Å². The van der Waals surface area contributed by atoms with E-state index in [1.807, 2.05) is 0 Å². The number of hydrogen-bond donors (Lipinski definition) is 2. The number of hydrogen-bond acceptors (Lipinski definition) is 5. The molecule has 0 saturated carbocycles. The lowest BCUT2D eigenvalue weighted by Crippen LogP contribution is -2.33. The fourth-order valence-corrected chi connectivity index (χ4v) is 1.32. The molecular formula is C12H15NO6. The lowest BCUT2D eigenvalue weighted by Gasteiger charge is -2.13. The van der Waals surface area contributed by atoms with Crippen molar-refractivity contribution in [3.63, 3.8) is 0 Å². The highest BCUT2D eigenvalue weighted by atomic mass is 16.5. The molecule has 0 aliphatic rings. The summed E-state index contributed by atoms with van der Waals surface area (Å²) in [4.78, 5) is 21.6. The predicted molar refractivity (Wildman–Crippen MR) is 65.7 cm³/mol. The molecule has 0 fully saturated rings. The van der Waals surface area contributed by atoms with Crippen molar-refractivity contribution < 1.29 is 28.9 Å². The Morgan fingerprint density at radius 3 is 2.26 bits per heavy atom. The van der Waals surface area contributed by atoms with Gasteiger partial charge in [-0.15, -0.1) is 0 Å². The maximum atomic E-state index is 11.3. The second kappa shape index (κ2) is 7.10. The smallest absolute Gasteiger partial charge is 0.322 e. The number of rotatable bonds is 7. The average Bonchev–Trinajstić information content (AvgIpc) is 2.42. The summed E-state index contributed by atoms with van der Waals surface area (Å²) < 4.78 is 15.5. The molecule has 19 heavy (non-hydrogen) atoms. The number of nitrogens with one attached hydrogen (secondary N) is 1. The molecular weight excluding hydrogens is 254 g/mol. The molecule has 1 amide bonds. The van der Waals surface area contributed by atoms with Crippen LogP contribution in [-0.2, 0) is 9.59 Å².